The van der Waals surface area contributed by atoms with Gasteiger partial charge in [0.15, 0.2) is 0 Å². The molecule has 0 aliphatic rings. The highest BCUT2D eigenvalue weighted by molar-refractivity contribution is 5.39. The van der Waals surface area contributed by atoms with Crippen molar-refractivity contribution >= 4 is 0 Å². The third kappa shape index (κ3) is 32.2. The molecule has 0 fully saturated rings. The number of hydrogen-bond acceptors (Lipinski definition) is 0. The van der Waals surface area contributed by atoms with Crippen molar-refractivity contribution < 1.29 is 0 Å². The summed E-state index contributed by atoms with van der Waals surface area (Å²) in [5.74, 6) is 23.4. The molecule has 0 rings (SSSR count). The highest BCUT2D eigenvalue weighted by Crippen LogP contribution is 2.13. The van der Waals surface area contributed by atoms with Gasteiger partial charge in [0.25, 0.3) is 0 Å². The maximum Gasteiger partial charge on any atom is 0.00989 e. The van der Waals surface area contributed by atoms with Crippen molar-refractivity contribution in [1.29, 1.82) is 0 Å². The van der Waals surface area contributed by atoms with E-state index in [0.717, 1.165) is 12.8 Å². The Kier molecular flexibility index (Phi) is 31.6. The molecule has 0 nitrogen and oxygen atoms in total. The van der Waals surface area contributed by atoms with Gasteiger partial charge in [0, 0.05) is 12.8 Å². The van der Waals surface area contributed by atoms with Gasteiger partial charge in [0.1, 0.15) is 0 Å². The predicted molar refractivity (Wildman–Crippen MR) is 162 cm³/mol. The molecule has 0 saturated carbocycles. The first-order valence-electron chi connectivity index (χ1n) is 15.9. The van der Waals surface area contributed by atoms with E-state index in [9.17, 15) is 0 Å². The van der Waals surface area contributed by atoms with E-state index in [1.54, 1.807) is 0 Å². The molecule has 0 radical (unpaired) electrons. The molecule has 0 heterocycles. The van der Waals surface area contributed by atoms with E-state index >= 15 is 0 Å². The van der Waals surface area contributed by atoms with E-state index in [1.807, 2.05) is 0 Å². The lowest BCUT2D eigenvalue weighted by Gasteiger charge is -2.01. The van der Waals surface area contributed by atoms with Gasteiger partial charge in [-0.2, -0.15) is 0 Å². The van der Waals surface area contributed by atoms with Gasteiger partial charge in [-0.25, -0.2) is 0 Å². The van der Waals surface area contributed by atoms with Crippen molar-refractivity contribution in [3.63, 3.8) is 0 Å². The molecule has 0 atom stereocenters. The van der Waals surface area contributed by atoms with Gasteiger partial charge in [-0.1, -0.05) is 167 Å². The monoisotopic (exact) mass is 490 g/mol. The summed E-state index contributed by atoms with van der Waals surface area (Å²) in [6.45, 7) is 4.57. The van der Waals surface area contributed by atoms with Crippen molar-refractivity contribution in [2.45, 2.75) is 181 Å². The van der Waals surface area contributed by atoms with Gasteiger partial charge in [0.2, 0.25) is 0 Å². The van der Waals surface area contributed by atoms with Gasteiger partial charge in [-0.3, -0.25) is 0 Å². The maximum atomic E-state index is 3.15. The first-order valence-corrected chi connectivity index (χ1v) is 15.9. The fraction of sp³-hybridized carbons (Fsp3) is 0.778. The van der Waals surface area contributed by atoms with Gasteiger partial charge < -0.3 is 0 Å². The van der Waals surface area contributed by atoms with Crippen LogP contribution >= 0.6 is 0 Å². The fourth-order valence-corrected chi connectivity index (χ4v) is 4.45. The van der Waals surface area contributed by atoms with E-state index in [-0.39, 0.29) is 0 Å². The van der Waals surface area contributed by atoms with Crippen LogP contribution < -0.4 is 0 Å². The average Bonchev–Trinajstić information content (AvgIpc) is 2.89. The zero-order valence-corrected chi connectivity index (χ0v) is 24.4. The lowest BCUT2D eigenvalue weighted by molar-refractivity contribution is 0.545. The van der Waals surface area contributed by atoms with Crippen LogP contribution in [-0.4, -0.2) is 0 Å². The topological polar surface area (TPSA) is 0 Å². The molecule has 202 valence electrons. The van der Waals surface area contributed by atoms with Crippen LogP contribution in [0.3, 0.4) is 0 Å². The zero-order chi connectivity index (χ0) is 26.0. The second kappa shape index (κ2) is 33.2. The Morgan fingerprint density at radius 1 is 0.250 bits per heavy atom. The quantitative estimate of drug-likeness (QED) is 0.0932. The average molecular weight is 491 g/mol. The van der Waals surface area contributed by atoms with Crippen LogP contribution in [0.15, 0.2) is 0 Å². The highest BCUT2D eigenvalue weighted by atomic mass is 14.0. The minimum atomic E-state index is 0.957. The van der Waals surface area contributed by atoms with Crippen LogP contribution in [0.25, 0.3) is 0 Å². The first kappa shape index (κ1) is 34.2. The lowest BCUT2D eigenvalue weighted by Crippen LogP contribution is -1.82. The Morgan fingerprint density at radius 2 is 0.472 bits per heavy atom. The molecule has 0 aromatic rings. The Labute approximate surface area is 228 Å². The van der Waals surface area contributed by atoms with Crippen molar-refractivity contribution in [2.24, 2.45) is 0 Å². The van der Waals surface area contributed by atoms with Crippen molar-refractivity contribution in [3.8, 4) is 47.4 Å². The lowest BCUT2D eigenvalue weighted by atomic mass is 10.0. The molecular weight excluding hydrogens is 432 g/mol. The molecule has 0 aliphatic heterocycles. The van der Waals surface area contributed by atoms with Crippen LogP contribution in [-0.2, 0) is 0 Å². The van der Waals surface area contributed by atoms with Crippen LogP contribution in [0.5, 0.6) is 0 Å². The molecular formula is C36H58. The summed E-state index contributed by atoms with van der Waals surface area (Å²) in [7, 11) is 0. The van der Waals surface area contributed by atoms with Gasteiger partial charge >= 0.3 is 0 Å². The van der Waals surface area contributed by atoms with E-state index in [4.69, 9.17) is 0 Å². The summed E-state index contributed by atoms with van der Waals surface area (Å²) >= 11 is 0. The van der Waals surface area contributed by atoms with Crippen LogP contribution in [0.1, 0.15) is 181 Å². The summed E-state index contributed by atoms with van der Waals surface area (Å²) in [6.07, 6.45) is 35.1. The number of rotatable bonds is 24. The molecule has 0 aliphatic carbocycles. The molecule has 0 saturated heterocycles. The zero-order valence-electron chi connectivity index (χ0n) is 24.4. The summed E-state index contributed by atoms with van der Waals surface area (Å²) in [5.41, 5.74) is 0. The Bertz CT molecular complexity index is 619. The second-order valence-corrected chi connectivity index (χ2v) is 10.4. The van der Waals surface area contributed by atoms with Gasteiger partial charge in [0.05, 0.1) is 0 Å². The van der Waals surface area contributed by atoms with Crippen molar-refractivity contribution in [1.82, 2.24) is 0 Å². The van der Waals surface area contributed by atoms with E-state index in [1.165, 1.54) is 154 Å². The molecule has 0 aromatic heterocycles. The Hall–Kier alpha value is -1.76. The summed E-state index contributed by atoms with van der Waals surface area (Å²) < 4.78 is 0. The SMILES string of the molecule is CCCCCCCCCCCCCCC#CC#CC#CC#CCCCCCCCCCCCCCC. The maximum absolute atomic E-state index is 3.15. The van der Waals surface area contributed by atoms with Crippen LogP contribution in [0.2, 0.25) is 0 Å². The molecule has 0 spiro atoms. The van der Waals surface area contributed by atoms with Crippen LogP contribution in [0.4, 0.5) is 0 Å². The molecule has 36 heavy (non-hydrogen) atoms. The van der Waals surface area contributed by atoms with E-state index in [2.05, 4.69) is 61.2 Å². The molecule has 0 N–H and O–H groups in total. The number of hydrogen-bond donors (Lipinski definition) is 0. The minimum absolute atomic E-state index is 0.957. The minimum Gasteiger partial charge on any atom is -0.0891 e. The normalized spacial score (nSPS) is 9.72. The van der Waals surface area contributed by atoms with E-state index in [0.29, 0.717) is 0 Å². The smallest absolute Gasteiger partial charge is 0.00989 e. The molecule has 0 amide bonds. The standard InChI is InChI=1S/C36H58/c1-3-5-7-9-11-13-15-17-19-21-23-25-27-29-31-33-35-36-34-32-30-28-26-24-22-20-18-16-14-12-10-8-6-4-2/h3-28H2,1-2H3. The van der Waals surface area contributed by atoms with Gasteiger partial charge in [-0.15, -0.1) is 0 Å². The predicted octanol–water partition coefficient (Wildman–Crippen LogP) is 11.2. The fourth-order valence-electron chi connectivity index (χ4n) is 4.45. The largest absolute Gasteiger partial charge is 0.0891 e. The van der Waals surface area contributed by atoms with Crippen LogP contribution in [0, 0.1) is 47.4 Å². The molecule has 0 unspecified atom stereocenters. The third-order valence-electron chi connectivity index (χ3n) is 6.80. The van der Waals surface area contributed by atoms with Crippen molar-refractivity contribution in [3.05, 3.63) is 0 Å². The molecule has 0 heteroatoms. The third-order valence-corrected chi connectivity index (χ3v) is 6.80. The number of unbranched alkanes of at least 4 members (excludes halogenated alkanes) is 24. The summed E-state index contributed by atoms with van der Waals surface area (Å²) in [5, 5.41) is 0. The Balaban J connectivity index is 3.41. The van der Waals surface area contributed by atoms with Gasteiger partial charge in [-0.05, 0) is 48.4 Å². The Morgan fingerprint density at radius 3 is 0.750 bits per heavy atom. The van der Waals surface area contributed by atoms with E-state index < -0.39 is 0 Å². The van der Waals surface area contributed by atoms with Crippen molar-refractivity contribution in [2.75, 3.05) is 0 Å². The molecule has 0 bridgehead atoms. The summed E-state index contributed by atoms with van der Waals surface area (Å²) in [4.78, 5) is 0. The first-order chi connectivity index (χ1) is 17.9. The summed E-state index contributed by atoms with van der Waals surface area (Å²) in [6, 6.07) is 0. The molecule has 0 aromatic carbocycles. The highest BCUT2D eigenvalue weighted by Gasteiger charge is 1.94. The second-order valence-electron chi connectivity index (χ2n) is 10.4.